The van der Waals surface area contributed by atoms with Gasteiger partial charge in [-0.2, -0.15) is 0 Å². The third kappa shape index (κ3) is 5.23. The van der Waals surface area contributed by atoms with Crippen molar-refractivity contribution in [3.05, 3.63) is 101 Å². The van der Waals surface area contributed by atoms with Crippen molar-refractivity contribution in [2.45, 2.75) is 26.8 Å². The Morgan fingerprint density at radius 1 is 0.966 bits per heavy atom. The molecule has 1 heterocycles. The van der Waals surface area contributed by atoms with Gasteiger partial charge in [-0.15, -0.1) is 0 Å². The van der Waals surface area contributed by atoms with E-state index in [-0.39, 0.29) is 17.6 Å². The van der Waals surface area contributed by atoms with Crippen LogP contribution in [0.2, 0.25) is 0 Å². The molecule has 0 saturated carbocycles. The Kier molecular flexibility index (Phi) is 6.29. The van der Waals surface area contributed by atoms with E-state index in [0.29, 0.717) is 11.3 Å². The molecular weight excluding hydrogens is 364 g/mol. The van der Waals surface area contributed by atoms with Gasteiger partial charge in [0.2, 0.25) is 0 Å². The number of aryl methyl sites for hydroxylation is 2. The molecule has 2 amide bonds. The van der Waals surface area contributed by atoms with Gasteiger partial charge in [-0.25, -0.2) is 0 Å². The number of nitrogens with one attached hydrogen (secondary N) is 2. The molecule has 0 unspecified atom stereocenters. The summed E-state index contributed by atoms with van der Waals surface area (Å²) in [7, 11) is 0. The van der Waals surface area contributed by atoms with Gasteiger partial charge in [-0.05, 0) is 61.7 Å². The summed E-state index contributed by atoms with van der Waals surface area (Å²) in [4.78, 5) is 25.5. The molecule has 0 aliphatic carbocycles. The van der Waals surface area contributed by atoms with Gasteiger partial charge in [0.25, 0.3) is 11.8 Å². The van der Waals surface area contributed by atoms with E-state index in [1.165, 1.54) is 17.9 Å². The van der Waals surface area contributed by atoms with E-state index in [1.54, 1.807) is 36.4 Å². The van der Waals surface area contributed by atoms with Crippen LogP contribution in [0.25, 0.3) is 6.08 Å². The van der Waals surface area contributed by atoms with E-state index in [4.69, 9.17) is 4.42 Å². The number of rotatable bonds is 6. The Morgan fingerprint density at radius 2 is 1.72 bits per heavy atom. The van der Waals surface area contributed by atoms with Crippen LogP contribution in [0.1, 0.15) is 45.8 Å². The van der Waals surface area contributed by atoms with Gasteiger partial charge < -0.3 is 15.1 Å². The average Bonchev–Trinajstić information content (AvgIpc) is 3.23. The van der Waals surface area contributed by atoms with Crippen molar-refractivity contribution in [1.29, 1.82) is 0 Å². The van der Waals surface area contributed by atoms with Crippen molar-refractivity contribution in [2.75, 3.05) is 0 Å². The van der Waals surface area contributed by atoms with Crippen LogP contribution in [0, 0.1) is 13.8 Å². The van der Waals surface area contributed by atoms with Crippen LogP contribution >= 0.6 is 0 Å². The van der Waals surface area contributed by atoms with Crippen LogP contribution in [0.3, 0.4) is 0 Å². The maximum absolute atomic E-state index is 12.9. The summed E-state index contributed by atoms with van der Waals surface area (Å²) in [5.74, 6) is -0.281. The zero-order valence-corrected chi connectivity index (χ0v) is 16.7. The predicted molar refractivity (Wildman–Crippen MR) is 113 cm³/mol. The van der Waals surface area contributed by atoms with E-state index in [0.717, 1.165) is 11.1 Å². The minimum atomic E-state index is -0.392. The van der Waals surface area contributed by atoms with Crippen molar-refractivity contribution >= 4 is 17.9 Å². The molecule has 0 radical (unpaired) electrons. The Hall–Kier alpha value is -3.60. The first-order valence-corrected chi connectivity index (χ1v) is 9.43. The average molecular weight is 388 g/mol. The van der Waals surface area contributed by atoms with Crippen LogP contribution in [-0.2, 0) is 4.79 Å². The highest BCUT2D eigenvalue weighted by molar-refractivity contribution is 6.05. The Bertz CT molecular complexity index is 1020. The third-order valence-electron chi connectivity index (χ3n) is 4.74. The highest BCUT2D eigenvalue weighted by Crippen LogP contribution is 2.17. The molecule has 0 aliphatic heterocycles. The summed E-state index contributed by atoms with van der Waals surface area (Å²) >= 11 is 0. The Morgan fingerprint density at radius 3 is 2.38 bits per heavy atom. The zero-order valence-electron chi connectivity index (χ0n) is 16.7. The summed E-state index contributed by atoms with van der Waals surface area (Å²) in [5, 5.41) is 5.65. The third-order valence-corrected chi connectivity index (χ3v) is 4.74. The second-order valence-electron chi connectivity index (χ2n) is 6.93. The van der Waals surface area contributed by atoms with Crippen LogP contribution in [0.15, 0.2) is 77.0 Å². The molecule has 3 rings (SSSR count). The number of benzene rings is 2. The fourth-order valence-electron chi connectivity index (χ4n) is 2.85. The van der Waals surface area contributed by atoms with Crippen LogP contribution < -0.4 is 10.6 Å². The number of furan rings is 1. The maximum Gasteiger partial charge on any atom is 0.268 e. The molecular formula is C24H24N2O3. The van der Waals surface area contributed by atoms with Crippen LogP contribution in [0.5, 0.6) is 0 Å². The quantitative estimate of drug-likeness (QED) is 0.609. The van der Waals surface area contributed by atoms with E-state index in [2.05, 4.69) is 16.7 Å². The Labute approximate surface area is 170 Å². The maximum atomic E-state index is 12.9. The molecule has 1 aromatic heterocycles. The molecule has 5 nitrogen and oxygen atoms in total. The number of hydrogen-bond donors (Lipinski definition) is 2. The topological polar surface area (TPSA) is 71.3 Å². The van der Waals surface area contributed by atoms with E-state index < -0.39 is 5.91 Å². The summed E-state index contributed by atoms with van der Waals surface area (Å²) in [5.41, 5.74) is 3.93. The molecule has 0 bridgehead atoms. The van der Waals surface area contributed by atoms with Crippen molar-refractivity contribution in [1.82, 2.24) is 10.6 Å². The van der Waals surface area contributed by atoms with Gasteiger partial charge in [-0.1, -0.05) is 36.4 Å². The molecule has 0 spiro atoms. The van der Waals surface area contributed by atoms with Crippen LogP contribution in [0.4, 0.5) is 0 Å². The van der Waals surface area contributed by atoms with Gasteiger partial charge in [0.15, 0.2) is 0 Å². The molecule has 1 atom stereocenters. The molecule has 29 heavy (non-hydrogen) atoms. The lowest BCUT2D eigenvalue weighted by atomic mass is 10.0. The summed E-state index contributed by atoms with van der Waals surface area (Å²) in [6.45, 7) is 5.99. The lowest BCUT2D eigenvalue weighted by Crippen LogP contribution is -2.36. The highest BCUT2D eigenvalue weighted by atomic mass is 16.3. The summed E-state index contributed by atoms with van der Waals surface area (Å²) < 4.78 is 5.31. The second kappa shape index (κ2) is 9.06. The SMILES string of the molecule is Cc1ccc([C@H](C)NC(=O)/C(=C/c2ccco2)NC(=O)c2ccccc2)cc1C. The number of carbonyl (C=O) groups excluding carboxylic acids is 2. The van der Waals surface area contributed by atoms with Gasteiger partial charge in [-0.3, -0.25) is 9.59 Å². The zero-order chi connectivity index (χ0) is 20.8. The molecule has 5 heteroatoms. The largest absolute Gasteiger partial charge is 0.465 e. The number of amides is 2. The smallest absolute Gasteiger partial charge is 0.268 e. The monoisotopic (exact) mass is 388 g/mol. The van der Waals surface area contributed by atoms with Crippen molar-refractivity contribution in [3.8, 4) is 0 Å². The summed E-state index contributed by atoms with van der Waals surface area (Å²) in [6.07, 6.45) is 3.03. The fourth-order valence-corrected chi connectivity index (χ4v) is 2.85. The second-order valence-corrected chi connectivity index (χ2v) is 6.93. The van der Waals surface area contributed by atoms with Crippen LogP contribution in [-0.4, -0.2) is 11.8 Å². The fraction of sp³-hybridized carbons (Fsp3) is 0.167. The van der Waals surface area contributed by atoms with Gasteiger partial charge >= 0.3 is 0 Å². The molecule has 2 N–H and O–H groups in total. The van der Waals surface area contributed by atoms with Gasteiger partial charge in [0, 0.05) is 11.6 Å². The Balaban J connectivity index is 1.80. The lowest BCUT2D eigenvalue weighted by molar-refractivity contribution is -0.118. The van der Waals surface area contributed by atoms with Gasteiger partial charge in [0.1, 0.15) is 11.5 Å². The summed E-state index contributed by atoms with van der Waals surface area (Å²) in [6, 6.07) is 18.0. The van der Waals surface area contributed by atoms with Crippen molar-refractivity contribution in [3.63, 3.8) is 0 Å². The molecule has 0 aliphatic rings. The minimum absolute atomic E-state index is 0.115. The van der Waals surface area contributed by atoms with E-state index in [1.807, 2.05) is 39.0 Å². The first-order valence-electron chi connectivity index (χ1n) is 9.43. The predicted octanol–water partition coefficient (Wildman–Crippen LogP) is 4.54. The molecule has 0 saturated heterocycles. The number of carbonyl (C=O) groups is 2. The van der Waals surface area contributed by atoms with E-state index >= 15 is 0 Å². The molecule has 148 valence electrons. The van der Waals surface area contributed by atoms with E-state index in [9.17, 15) is 9.59 Å². The first-order chi connectivity index (χ1) is 13.9. The highest BCUT2D eigenvalue weighted by Gasteiger charge is 2.18. The molecule has 2 aromatic carbocycles. The number of hydrogen-bond acceptors (Lipinski definition) is 3. The van der Waals surface area contributed by atoms with Crippen molar-refractivity contribution < 1.29 is 14.0 Å². The lowest BCUT2D eigenvalue weighted by Gasteiger charge is -2.17. The molecule has 0 fully saturated rings. The minimum Gasteiger partial charge on any atom is -0.465 e. The molecule has 3 aromatic rings. The van der Waals surface area contributed by atoms with Gasteiger partial charge in [0.05, 0.1) is 12.3 Å². The standard InChI is InChI=1S/C24H24N2O3/c1-16-11-12-20(14-17(16)2)18(3)25-24(28)22(15-21-10-7-13-29-21)26-23(27)19-8-5-4-6-9-19/h4-15,18H,1-3H3,(H,25,28)(H,26,27)/b22-15-/t18-/m0/s1. The normalized spacial score (nSPS) is 12.3. The van der Waals surface area contributed by atoms with Crippen molar-refractivity contribution in [2.24, 2.45) is 0 Å². The first kappa shape index (κ1) is 20.1.